The lowest BCUT2D eigenvalue weighted by atomic mass is 9.96. The van der Waals surface area contributed by atoms with E-state index in [9.17, 15) is 0 Å². The van der Waals surface area contributed by atoms with Gasteiger partial charge in [0, 0.05) is 74.7 Å². The van der Waals surface area contributed by atoms with Gasteiger partial charge in [-0.05, 0) is 113 Å². The van der Waals surface area contributed by atoms with E-state index in [4.69, 9.17) is 19.9 Å². The van der Waals surface area contributed by atoms with Gasteiger partial charge in [-0.2, -0.15) is 0 Å². The van der Waals surface area contributed by atoms with Crippen molar-refractivity contribution in [2.24, 2.45) is 0 Å². The minimum absolute atomic E-state index is 0.689. The standard InChI is InChI=1S/C47H31N3.C43H29N3/c1-2-10-32(11-3-1)33-20-24-36(25-21-33)45-29-46(37-26-22-35(23-27-37)44-31-48-30-40-13-5-7-18-43(40)44)50-47(49-45)39-16-8-15-38(28-39)42-19-9-14-34-12-4-6-17-41(34)42;1-2-9-30(10-3-1)31-18-22-34(23-19-31)41-28-42(37-14-6-13-36(27-37)38-15-8-26-44-29-38)46-43(45-41)35-24-20-33(21-25-35)40-17-7-12-32-11-4-5-16-39(32)40/h1-31H;1-29H. The number of fused-ring (bicyclic) bond motifs is 3. The van der Waals surface area contributed by atoms with E-state index >= 15 is 0 Å². The first-order chi connectivity index (χ1) is 47.5. The van der Waals surface area contributed by atoms with E-state index in [1.54, 1.807) is 6.20 Å². The first kappa shape index (κ1) is 58.2. The van der Waals surface area contributed by atoms with Gasteiger partial charge in [-0.15, -0.1) is 0 Å². The molecule has 6 nitrogen and oxygen atoms in total. The van der Waals surface area contributed by atoms with Crippen molar-refractivity contribution < 1.29 is 0 Å². The molecule has 0 aliphatic heterocycles. The third-order valence-electron chi connectivity index (χ3n) is 17.8. The van der Waals surface area contributed by atoms with Crippen molar-refractivity contribution >= 4 is 32.3 Å². The maximum atomic E-state index is 5.19. The zero-order valence-corrected chi connectivity index (χ0v) is 52.3. The molecule has 0 aliphatic rings. The third-order valence-corrected chi connectivity index (χ3v) is 17.8. The van der Waals surface area contributed by atoms with Crippen LogP contribution in [0, 0.1) is 0 Å². The Labute approximate surface area is 558 Å². The highest BCUT2D eigenvalue weighted by Crippen LogP contribution is 2.38. The van der Waals surface area contributed by atoms with E-state index in [-0.39, 0.29) is 0 Å². The topological polar surface area (TPSA) is 77.3 Å². The van der Waals surface area contributed by atoms with Crippen molar-refractivity contribution in [1.82, 2.24) is 29.9 Å². The fourth-order valence-electron chi connectivity index (χ4n) is 12.8. The van der Waals surface area contributed by atoms with Crippen molar-refractivity contribution in [2.75, 3.05) is 0 Å². The van der Waals surface area contributed by atoms with Gasteiger partial charge < -0.3 is 0 Å². The second-order valence-electron chi connectivity index (χ2n) is 23.8. The Balaban J connectivity index is 0.000000152. The largest absolute Gasteiger partial charge is 0.264 e. The summed E-state index contributed by atoms with van der Waals surface area (Å²) >= 11 is 0. The van der Waals surface area contributed by atoms with Gasteiger partial charge in [0.1, 0.15) is 0 Å². The maximum Gasteiger partial charge on any atom is 0.160 e. The molecule has 450 valence electrons. The first-order valence-electron chi connectivity index (χ1n) is 32.3. The quantitative estimate of drug-likeness (QED) is 0.121. The highest BCUT2D eigenvalue weighted by molar-refractivity contribution is 5.99. The number of pyridine rings is 2. The third kappa shape index (κ3) is 12.2. The van der Waals surface area contributed by atoms with Crippen LogP contribution in [0.15, 0.2) is 365 Å². The van der Waals surface area contributed by atoms with E-state index in [1.807, 2.05) is 42.9 Å². The molecule has 13 aromatic carbocycles. The summed E-state index contributed by atoms with van der Waals surface area (Å²) in [5.74, 6) is 1.38. The van der Waals surface area contributed by atoms with Crippen LogP contribution in [-0.4, -0.2) is 29.9 Å². The Morgan fingerprint density at radius 2 is 0.521 bits per heavy atom. The van der Waals surface area contributed by atoms with Crippen LogP contribution in [0.25, 0.3) is 167 Å². The lowest BCUT2D eigenvalue weighted by Gasteiger charge is -2.12. The maximum absolute atomic E-state index is 5.19. The lowest BCUT2D eigenvalue weighted by Crippen LogP contribution is -1.96. The highest BCUT2D eigenvalue weighted by atomic mass is 14.9. The Bertz CT molecular complexity index is 5590. The molecule has 4 heterocycles. The van der Waals surface area contributed by atoms with Crippen LogP contribution in [0.5, 0.6) is 0 Å². The van der Waals surface area contributed by atoms with E-state index in [1.165, 1.54) is 60.3 Å². The molecule has 6 heteroatoms. The van der Waals surface area contributed by atoms with Crippen molar-refractivity contribution in [3.8, 4) is 135 Å². The summed E-state index contributed by atoms with van der Waals surface area (Å²) in [6, 6.07) is 119. The molecule has 0 fully saturated rings. The van der Waals surface area contributed by atoms with Crippen molar-refractivity contribution in [1.29, 1.82) is 0 Å². The van der Waals surface area contributed by atoms with Gasteiger partial charge in [-0.3, -0.25) is 9.97 Å². The van der Waals surface area contributed by atoms with E-state index in [2.05, 4.69) is 325 Å². The zero-order chi connectivity index (χ0) is 64.0. The minimum Gasteiger partial charge on any atom is -0.264 e. The molecule has 0 radical (unpaired) electrons. The van der Waals surface area contributed by atoms with Gasteiger partial charge in [0.2, 0.25) is 0 Å². The van der Waals surface area contributed by atoms with Crippen molar-refractivity contribution in [3.05, 3.63) is 365 Å². The van der Waals surface area contributed by atoms with Crippen LogP contribution in [0.2, 0.25) is 0 Å². The van der Waals surface area contributed by atoms with Crippen LogP contribution in [0.3, 0.4) is 0 Å². The van der Waals surface area contributed by atoms with Crippen LogP contribution >= 0.6 is 0 Å². The Morgan fingerprint density at radius 3 is 1.06 bits per heavy atom. The number of hydrogen-bond acceptors (Lipinski definition) is 6. The second kappa shape index (κ2) is 26.4. The van der Waals surface area contributed by atoms with E-state index < -0.39 is 0 Å². The summed E-state index contributed by atoms with van der Waals surface area (Å²) in [6.07, 6.45) is 7.55. The van der Waals surface area contributed by atoms with Gasteiger partial charge in [0.15, 0.2) is 11.6 Å². The zero-order valence-electron chi connectivity index (χ0n) is 52.3. The predicted octanol–water partition coefficient (Wildman–Crippen LogP) is 23.2. The number of nitrogens with zero attached hydrogens (tertiary/aromatic N) is 6. The second-order valence-corrected chi connectivity index (χ2v) is 23.8. The molecule has 0 bridgehead atoms. The van der Waals surface area contributed by atoms with E-state index in [0.29, 0.717) is 11.6 Å². The molecule has 4 aromatic heterocycles. The Morgan fingerprint density at radius 1 is 0.167 bits per heavy atom. The van der Waals surface area contributed by atoms with Crippen molar-refractivity contribution in [2.45, 2.75) is 0 Å². The minimum atomic E-state index is 0.689. The Kier molecular flexibility index (Phi) is 16.0. The average molecular weight is 1230 g/mol. The molecule has 17 rings (SSSR count). The SMILES string of the molecule is c1ccc(-c2ccc(-c3cc(-c4ccc(-c5cncc6ccccc56)cc4)nc(-c4cccc(-c5cccc6ccccc56)c4)n3)cc2)cc1.c1ccc(-c2ccc(-c3cc(-c4cccc(-c5cccnc5)c4)nc(-c4ccc(-c5cccc6ccccc56)cc4)n3)cc2)cc1. The Hall–Kier alpha value is -12.9. The summed E-state index contributed by atoms with van der Waals surface area (Å²) in [6.45, 7) is 0. The molecule has 0 saturated heterocycles. The molecule has 96 heavy (non-hydrogen) atoms. The summed E-state index contributed by atoms with van der Waals surface area (Å²) in [7, 11) is 0. The number of aromatic nitrogens is 6. The fourth-order valence-corrected chi connectivity index (χ4v) is 12.8. The normalized spacial score (nSPS) is 11.1. The van der Waals surface area contributed by atoms with Gasteiger partial charge >= 0.3 is 0 Å². The molecule has 17 aromatic rings. The molecule has 0 saturated carbocycles. The van der Waals surface area contributed by atoms with Gasteiger partial charge in [0.05, 0.1) is 22.8 Å². The highest BCUT2D eigenvalue weighted by Gasteiger charge is 2.17. The smallest absolute Gasteiger partial charge is 0.160 e. The van der Waals surface area contributed by atoms with Gasteiger partial charge in [-0.1, -0.05) is 309 Å². The van der Waals surface area contributed by atoms with Crippen LogP contribution in [0.4, 0.5) is 0 Å². The van der Waals surface area contributed by atoms with Crippen LogP contribution in [0.1, 0.15) is 0 Å². The molecule has 0 unspecified atom stereocenters. The van der Waals surface area contributed by atoms with Crippen LogP contribution in [-0.2, 0) is 0 Å². The number of rotatable bonds is 12. The van der Waals surface area contributed by atoms with Crippen LogP contribution < -0.4 is 0 Å². The van der Waals surface area contributed by atoms with Gasteiger partial charge in [0.25, 0.3) is 0 Å². The fraction of sp³-hybridized carbons (Fsp3) is 0. The molecular formula is C90H60N6. The predicted molar refractivity (Wildman–Crippen MR) is 397 cm³/mol. The molecule has 0 atom stereocenters. The monoisotopic (exact) mass is 1220 g/mol. The molecule has 0 amide bonds. The van der Waals surface area contributed by atoms with E-state index in [0.717, 1.165) is 94.9 Å². The number of hydrogen-bond donors (Lipinski definition) is 0. The summed E-state index contributed by atoms with van der Waals surface area (Å²) in [4.78, 5) is 29.4. The summed E-state index contributed by atoms with van der Waals surface area (Å²) < 4.78 is 0. The molecule has 0 N–H and O–H groups in total. The molecule has 0 spiro atoms. The molecule has 0 aliphatic carbocycles. The molecular weight excluding hydrogens is 1170 g/mol. The van der Waals surface area contributed by atoms with Gasteiger partial charge in [-0.25, -0.2) is 19.9 Å². The lowest BCUT2D eigenvalue weighted by molar-refractivity contribution is 1.18. The first-order valence-corrected chi connectivity index (χ1v) is 32.3. The summed E-state index contributed by atoms with van der Waals surface area (Å²) in [5.41, 5.74) is 23.4. The summed E-state index contributed by atoms with van der Waals surface area (Å²) in [5, 5.41) is 7.23. The number of benzene rings is 13. The average Bonchev–Trinajstić information content (AvgIpc) is 0.951. The van der Waals surface area contributed by atoms with Crippen molar-refractivity contribution in [3.63, 3.8) is 0 Å².